The van der Waals surface area contributed by atoms with Gasteiger partial charge in [-0.2, -0.15) is 0 Å². The topological polar surface area (TPSA) is 61.6 Å². The molecule has 1 fully saturated rings. The fourth-order valence-electron chi connectivity index (χ4n) is 1.75. The number of carbonyl (C=O) groups excluding carboxylic acids is 1. The molecule has 2 N–H and O–H groups in total. The van der Waals surface area contributed by atoms with Crippen LogP contribution >= 0.6 is 0 Å². The average Bonchev–Trinajstić information content (AvgIpc) is 2.29. The average molecular weight is 249 g/mol. The van der Waals surface area contributed by atoms with Crippen molar-refractivity contribution in [2.75, 3.05) is 6.61 Å². The molecule has 1 aliphatic carbocycles. The molecule has 1 saturated carbocycles. The molecule has 4 heteroatoms. The lowest BCUT2D eigenvalue weighted by molar-refractivity contribution is -0.123. The minimum Gasteiger partial charge on any atom is -0.493 e. The second-order valence-corrected chi connectivity index (χ2v) is 4.74. The van der Waals surface area contributed by atoms with E-state index < -0.39 is 12.0 Å². The first-order chi connectivity index (χ1) is 8.65. The van der Waals surface area contributed by atoms with Gasteiger partial charge in [0.25, 0.3) is 5.91 Å². The number of primary amides is 1. The summed E-state index contributed by atoms with van der Waals surface area (Å²) in [5.41, 5.74) is 5.13. The lowest BCUT2D eigenvalue weighted by Crippen LogP contribution is -2.30. The summed E-state index contributed by atoms with van der Waals surface area (Å²) in [7, 11) is 0. The van der Waals surface area contributed by atoms with E-state index in [1.165, 1.54) is 19.3 Å². The quantitative estimate of drug-likeness (QED) is 0.840. The van der Waals surface area contributed by atoms with Crippen LogP contribution in [-0.4, -0.2) is 18.6 Å². The van der Waals surface area contributed by atoms with E-state index in [1.807, 2.05) is 12.1 Å². The molecular formula is C14H19NO3. The lowest BCUT2D eigenvalue weighted by Gasteiger charge is -2.25. The van der Waals surface area contributed by atoms with Crippen LogP contribution in [0.1, 0.15) is 26.2 Å². The molecule has 0 spiro atoms. The first-order valence-electron chi connectivity index (χ1n) is 6.34. The van der Waals surface area contributed by atoms with Crippen molar-refractivity contribution in [1.29, 1.82) is 0 Å². The SMILES string of the molecule is C[C@H](Oc1ccc(OCC2CCC2)cc1)C(N)=O. The molecule has 1 aliphatic rings. The highest BCUT2D eigenvalue weighted by Gasteiger charge is 2.17. The molecule has 0 radical (unpaired) electrons. The maximum Gasteiger partial charge on any atom is 0.258 e. The van der Waals surface area contributed by atoms with Crippen LogP contribution in [0.25, 0.3) is 0 Å². The Labute approximate surface area is 107 Å². The van der Waals surface area contributed by atoms with Crippen LogP contribution in [0.5, 0.6) is 11.5 Å². The van der Waals surface area contributed by atoms with Crippen molar-refractivity contribution in [2.45, 2.75) is 32.3 Å². The van der Waals surface area contributed by atoms with Gasteiger partial charge in [0.05, 0.1) is 6.61 Å². The van der Waals surface area contributed by atoms with E-state index in [0.29, 0.717) is 5.75 Å². The Morgan fingerprint density at radius 2 is 1.94 bits per heavy atom. The lowest BCUT2D eigenvalue weighted by atomic mass is 9.86. The van der Waals surface area contributed by atoms with E-state index in [2.05, 4.69) is 0 Å². The molecule has 0 bridgehead atoms. The predicted molar refractivity (Wildman–Crippen MR) is 68.6 cm³/mol. The number of hydrogen-bond acceptors (Lipinski definition) is 3. The Hall–Kier alpha value is -1.71. The van der Waals surface area contributed by atoms with Gasteiger partial charge in [0.1, 0.15) is 11.5 Å². The van der Waals surface area contributed by atoms with Crippen LogP contribution in [0.2, 0.25) is 0 Å². The first-order valence-corrected chi connectivity index (χ1v) is 6.34. The standard InChI is InChI=1S/C14H19NO3/c1-10(14(15)16)18-13-7-5-12(6-8-13)17-9-11-3-2-4-11/h5-8,10-11H,2-4,9H2,1H3,(H2,15,16)/t10-/m0/s1. The summed E-state index contributed by atoms with van der Waals surface area (Å²) in [6.07, 6.45) is 3.26. The summed E-state index contributed by atoms with van der Waals surface area (Å²) in [6.45, 7) is 2.42. The van der Waals surface area contributed by atoms with Crippen LogP contribution in [-0.2, 0) is 4.79 Å². The fourth-order valence-corrected chi connectivity index (χ4v) is 1.75. The molecule has 4 nitrogen and oxygen atoms in total. The van der Waals surface area contributed by atoms with Crippen LogP contribution in [0, 0.1) is 5.92 Å². The number of benzene rings is 1. The molecule has 1 aromatic carbocycles. The molecule has 98 valence electrons. The van der Waals surface area contributed by atoms with E-state index in [9.17, 15) is 4.79 Å². The van der Waals surface area contributed by atoms with E-state index in [0.717, 1.165) is 18.3 Å². The number of amides is 1. The zero-order valence-electron chi connectivity index (χ0n) is 10.6. The molecule has 1 amide bonds. The highest BCUT2D eigenvalue weighted by molar-refractivity contribution is 5.78. The van der Waals surface area contributed by atoms with Gasteiger partial charge in [-0.25, -0.2) is 0 Å². The molecule has 1 aromatic rings. The van der Waals surface area contributed by atoms with E-state index in [1.54, 1.807) is 19.1 Å². The number of rotatable bonds is 6. The zero-order chi connectivity index (χ0) is 13.0. The summed E-state index contributed by atoms with van der Waals surface area (Å²) in [6, 6.07) is 7.27. The van der Waals surface area contributed by atoms with Crippen molar-refractivity contribution >= 4 is 5.91 Å². The number of ether oxygens (including phenoxy) is 2. The normalized spacial score (nSPS) is 16.7. The van der Waals surface area contributed by atoms with Crippen molar-refractivity contribution in [3.63, 3.8) is 0 Å². The van der Waals surface area contributed by atoms with Gasteiger partial charge in [-0.05, 0) is 49.9 Å². The summed E-state index contributed by atoms with van der Waals surface area (Å²) in [5.74, 6) is 1.70. The van der Waals surface area contributed by atoms with Crippen molar-refractivity contribution in [2.24, 2.45) is 11.7 Å². The van der Waals surface area contributed by atoms with Gasteiger partial charge in [0.15, 0.2) is 6.10 Å². The first kappa shape index (κ1) is 12.7. The van der Waals surface area contributed by atoms with Crippen molar-refractivity contribution < 1.29 is 14.3 Å². The van der Waals surface area contributed by atoms with Crippen LogP contribution in [0.3, 0.4) is 0 Å². The highest BCUT2D eigenvalue weighted by atomic mass is 16.5. The van der Waals surface area contributed by atoms with Crippen molar-refractivity contribution in [3.05, 3.63) is 24.3 Å². The van der Waals surface area contributed by atoms with E-state index in [-0.39, 0.29) is 0 Å². The second-order valence-electron chi connectivity index (χ2n) is 4.74. The molecule has 18 heavy (non-hydrogen) atoms. The third kappa shape index (κ3) is 3.39. The zero-order valence-corrected chi connectivity index (χ0v) is 10.6. The largest absolute Gasteiger partial charge is 0.493 e. The Balaban J connectivity index is 1.82. The van der Waals surface area contributed by atoms with Crippen molar-refractivity contribution in [1.82, 2.24) is 0 Å². The summed E-state index contributed by atoms with van der Waals surface area (Å²) in [4.78, 5) is 10.9. The maximum atomic E-state index is 10.9. The minimum absolute atomic E-state index is 0.472. The van der Waals surface area contributed by atoms with Crippen LogP contribution in [0.15, 0.2) is 24.3 Å². The molecule has 0 aliphatic heterocycles. The van der Waals surface area contributed by atoms with Gasteiger partial charge >= 0.3 is 0 Å². The van der Waals surface area contributed by atoms with Crippen LogP contribution in [0.4, 0.5) is 0 Å². The monoisotopic (exact) mass is 249 g/mol. The summed E-state index contributed by atoms with van der Waals surface area (Å²) >= 11 is 0. The molecule has 2 rings (SSSR count). The minimum atomic E-state index is -0.619. The Kier molecular flexibility index (Phi) is 4.07. The summed E-state index contributed by atoms with van der Waals surface area (Å²) in [5, 5.41) is 0. The van der Waals surface area contributed by atoms with E-state index in [4.69, 9.17) is 15.2 Å². The molecule has 1 atom stereocenters. The van der Waals surface area contributed by atoms with Gasteiger partial charge in [-0.3, -0.25) is 4.79 Å². The third-order valence-electron chi connectivity index (χ3n) is 3.25. The summed E-state index contributed by atoms with van der Waals surface area (Å²) < 4.78 is 11.0. The third-order valence-corrected chi connectivity index (χ3v) is 3.25. The van der Waals surface area contributed by atoms with Crippen molar-refractivity contribution in [3.8, 4) is 11.5 Å². The van der Waals surface area contributed by atoms with Gasteiger partial charge < -0.3 is 15.2 Å². The molecular weight excluding hydrogens is 230 g/mol. The smallest absolute Gasteiger partial charge is 0.258 e. The van der Waals surface area contributed by atoms with Gasteiger partial charge in [0.2, 0.25) is 0 Å². The van der Waals surface area contributed by atoms with Gasteiger partial charge in [0, 0.05) is 0 Å². The molecule has 0 heterocycles. The van der Waals surface area contributed by atoms with E-state index >= 15 is 0 Å². The second kappa shape index (κ2) is 5.76. The van der Waals surface area contributed by atoms with Gasteiger partial charge in [-0.1, -0.05) is 6.42 Å². The number of hydrogen-bond donors (Lipinski definition) is 1. The molecule has 0 unspecified atom stereocenters. The molecule has 0 saturated heterocycles. The predicted octanol–water partition coefficient (Wildman–Crippen LogP) is 2.12. The number of carbonyl (C=O) groups is 1. The fraction of sp³-hybridized carbons (Fsp3) is 0.500. The molecule has 0 aromatic heterocycles. The van der Waals surface area contributed by atoms with Gasteiger partial charge in [-0.15, -0.1) is 0 Å². The Bertz CT molecular complexity index is 398. The van der Waals surface area contributed by atoms with Crippen LogP contribution < -0.4 is 15.2 Å². The highest BCUT2D eigenvalue weighted by Crippen LogP contribution is 2.27. The number of nitrogens with two attached hydrogens (primary N) is 1. The Morgan fingerprint density at radius 1 is 1.33 bits per heavy atom. The maximum absolute atomic E-state index is 10.9. The Morgan fingerprint density at radius 3 is 2.44 bits per heavy atom.